The number of aromatic amines is 1. The van der Waals surface area contributed by atoms with Gasteiger partial charge in [0.2, 0.25) is 5.91 Å². The highest BCUT2D eigenvalue weighted by molar-refractivity contribution is 7.91. The standard InChI is InChI=1S/C28H26Cl2N6O4S/c29-22-5-2-6-23(26(22)30)32-25(37)16-24-33-27(35-34-24)19-7-9-21(10-8-19)31-28(38)20-4-1-3-18(15-20)17-36-11-13-41(39,40)14-12-36/h1-10,15H,11-14,16-17H2,(H,31,38)(H,32,37)(H,33,34,35). The van der Waals surface area contributed by atoms with E-state index < -0.39 is 9.84 Å². The van der Waals surface area contributed by atoms with E-state index in [1.807, 2.05) is 18.2 Å². The summed E-state index contributed by atoms with van der Waals surface area (Å²) in [7, 11) is -2.94. The fourth-order valence-electron chi connectivity index (χ4n) is 4.33. The quantitative estimate of drug-likeness (QED) is 0.267. The first-order valence-electron chi connectivity index (χ1n) is 12.7. The molecule has 3 N–H and O–H groups in total. The van der Waals surface area contributed by atoms with Crippen molar-refractivity contribution >= 4 is 56.2 Å². The highest BCUT2D eigenvalue weighted by Crippen LogP contribution is 2.29. The zero-order chi connectivity index (χ0) is 29.0. The second-order valence-corrected chi connectivity index (χ2v) is 12.7. The lowest BCUT2D eigenvalue weighted by Gasteiger charge is -2.26. The molecule has 0 spiro atoms. The Morgan fingerprint density at radius 3 is 2.44 bits per heavy atom. The number of anilines is 2. The summed E-state index contributed by atoms with van der Waals surface area (Å²) in [5, 5.41) is 13.2. The normalized spacial score (nSPS) is 14.9. The summed E-state index contributed by atoms with van der Waals surface area (Å²) in [6.45, 7) is 1.56. The van der Waals surface area contributed by atoms with Crippen molar-refractivity contribution in [3.05, 3.63) is 93.7 Å². The molecule has 2 heterocycles. The van der Waals surface area contributed by atoms with Crippen LogP contribution in [0.25, 0.3) is 11.4 Å². The molecule has 212 valence electrons. The number of carbonyl (C=O) groups is 2. The van der Waals surface area contributed by atoms with Gasteiger partial charge >= 0.3 is 0 Å². The maximum absolute atomic E-state index is 12.9. The number of benzene rings is 3. The van der Waals surface area contributed by atoms with E-state index in [9.17, 15) is 18.0 Å². The molecule has 1 aliphatic rings. The fourth-order valence-corrected chi connectivity index (χ4v) is 5.96. The predicted molar refractivity (Wildman–Crippen MR) is 159 cm³/mol. The van der Waals surface area contributed by atoms with Crippen LogP contribution in [0, 0.1) is 0 Å². The SMILES string of the molecule is O=C(Cc1nc(-c2ccc(NC(=O)c3cccc(CN4CCS(=O)(=O)CC4)c3)cc2)n[nH]1)Nc1cccc(Cl)c1Cl. The number of hydrogen-bond acceptors (Lipinski definition) is 7. The van der Waals surface area contributed by atoms with Crippen LogP contribution in [0.5, 0.6) is 0 Å². The lowest BCUT2D eigenvalue weighted by Crippen LogP contribution is -2.39. The van der Waals surface area contributed by atoms with Gasteiger partial charge in [-0.15, -0.1) is 0 Å². The van der Waals surface area contributed by atoms with Crippen LogP contribution in [0.15, 0.2) is 66.7 Å². The smallest absolute Gasteiger partial charge is 0.255 e. The average Bonchev–Trinajstić information content (AvgIpc) is 3.41. The molecule has 0 bridgehead atoms. The van der Waals surface area contributed by atoms with Crippen molar-refractivity contribution in [1.29, 1.82) is 0 Å². The van der Waals surface area contributed by atoms with Crippen molar-refractivity contribution in [2.75, 3.05) is 35.2 Å². The second kappa shape index (κ2) is 12.4. The van der Waals surface area contributed by atoms with Crippen molar-refractivity contribution in [3.8, 4) is 11.4 Å². The van der Waals surface area contributed by atoms with Crippen LogP contribution in [0.1, 0.15) is 21.7 Å². The molecule has 1 aliphatic heterocycles. The largest absolute Gasteiger partial charge is 0.324 e. The molecule has 0 aliphatic carbocycles. The summed E-state index contributed by atoms with van der Waals surface area (Å²) in [6.07, 6.45) is -0.0418. The highest BCUT2D eigenvalue weighted by atomic mass is 35.5. The van der Waals surface area contributed by atoms with Crippen LogP contribution in [0.4, 0.5) is 11.4 Å². The molecule has 0 saturated carbocycles. The van der Waals surface area contributed by atoms with E-state index in [0.717, 1.165) is 5.56 Å². The molecule has 10 nitrogen and oxygen atoms in total. The van der Waals surface area contributed by atoms with Gasteiger partial charge in [0, 0.05) is 36.4 Å². The summed E-state index contributed by atoms with van der Waals surface area (Å²) in [5.74, 6) is 0.512. The van der Waals surface area contributed by atoms with Crippen molar-refractivity contribution in [2.45, 2.75) is 13.0 Å². The van der Waals surface area contributed by atoms with Crippen molar-refractivity contribution in [2.24, 2.45) is 0 Å². The second-order valence-electron chi connectivity index (χ2n) is 9.59. The molecule has 41 heavy (non-hydrogen) atoms. The number of nitrogens with one attached hydrogen (secondary N) is 3. The van der Waals surface area contributed by atoms with Crippen LogP contribution in [-0.4, -0.2) is 64.9 Å². The molecule has 0 unspecified atom stereocenters. The number of carbonyl (C=O) groups excluding carboxylic acids is 2. The van der Waals surface area contributed by atoms with Gasteiger partial charge in [0.1, 0.15) is 5.82 Å². The number of amides is 2. The number of rotatable bonds is 8. The summed E-state index contributed by atoms with van der Waals surface area (Å²) in [6, 6.07) is 19.3. The molecular formula is C28H26Cl2N6O4S. The Morgan fingerprint density at radius 2 is 1.68 bits per heavy atom. The van der Waals surface area contributed by atoms with Gasteiger partial charge in [0.15, 0.2) is 15.7 Å². The van der Waals surface area contributed by atoms with E-state index in [1.54, 1.807) is 48.5 Å². The minimum absolute atomic E-state index is 0.0418. The van der Waals surface area contributed by atoms with Crippen LogP contribution in [0.2, 0.25) is 10.0 Å². The number of sulfone groups is 1. The average molecular weight is 614 g/mol. The zero-order valence-corrected chi connectivity index (χ0v) is 24.1. The minimum atomic E-state index is -2.94. The molecule has 2 amide bonds. The molecule has 13 heteroatoms. The summed E-state index contributed by atoms with van der Waals surface area (Å²) >= 11 is 12.1. The Hall–Kier alpha value is -3.77. The topological polar surface area (TPSA) is 137 Å². The third-order valence-electron chi connectivity index (χ3n) is 6.52. The van der Waals surface area contributed by atoms with Gasteiger partial charge in [-0.05, 0) is 54.1 Å². The maximum Gasteiger partial charge on any atom is 0.255 e. The first-order valence-corrected chi connectivity index (χ1v) is 15.3. The Balaban J connectivity index is 1.16. The minimum Gasteiger partial charge on any atom is -0.324 e. The zero-order valence-electron chi connectivity index (χ0n) is 21.7. The van der Waals surface area contributed by atoms with Crippen molar-refractivity contribution < 1.29 is 18.0 Å². The Kier molecular flexibility index (Phi) is 8.69. The first-order chi connectivity index (χ1) is 19.6. The summed E-state index contributed by atoms with van der Waals surface area (Å²) in [4.78, 5) is 31.8. The number of hydrogen-bond donors (Lipinski definition) is 3. The molecule has 1 aromatic heterocycles. The predicted octanol–water partition coefficient (Wildman–Crippen LogP) is 4.44. The Morgan fingerprint density at radius 1 is 0.951 bits per heavy atom. The van der Waals surface area contributed by atoms with Gasteiger partial charge in [-0.3, -0.25) is 19.6 Å². The summed E-state index contributed by atoms with van der Waals surface area (Å²) in [5.41, 5.74) is 3.16. The molecule has 4 aromatic rings. The van der Waals surface area contributed by atoms with Crippen LogP contribution >= 0.6 is 23.2 Å². The Labute approximate surface area is 247 Å². The monoisotopic (exact) mass is 612 g/mol. The van der Waals surface area contributed by atoms with Crippen LogP contribution in [-0.2, 0) is 27.6 Å². The number of aromatic nitrogens is 3. The van der Waals surface area contributed by atoms with Gasteiger partial charge in [-0.25, -0.2) is 13.4 Å². The lowest BCUT2D eigenvalue weighted by atomic mass is 10.1. The van der Waals surface area contributed by atoms with E-state index in [-0.39, 0.29) is 34.8 Å². The third-order valence-corrected chi connectivity index (χ3v) is 8.95. The van der Waals surface area contributed by atoms with Crippen molar-refractivity contribution in [3.63, 3.8) is 0 Å². The van der Waals surface area contributed by atoms with Gasteiger partial charge in [0.05, 0.1) is 33.7 Å². The van der Waals surface area contributed by atoms with Crippen molar-refractivity contribution in [1.82, 2.24) is 20.1 Å². The molecule has 1 fully saturated rings. The van der Waals surface area contributed by atoms with E-state index >= 15 is 0 Å². The number of H-pyrrole nitrogens is 1. The molecule has 0 atom stereocenters. The van der Waals surface area contributed by atoms with Gasteiger partial charge in [-0.2, -0.15) is 5.10 Å². The maximum atomic E-state index is 12.9. The van der Waals surface area contributed by atoms with Gasteiger partial charge in [-0.1, -0.05) is 41.4 Å². The van der Waals surface area contributed by atoms with Gasteiger partial charge in [0.25, 0.3) is 5.91 Å². The fraction of sp³-hybridized carbons (Fsp3) is 0.214. The van der Waals surface area contributed by atoms with E-state index in [0.29, 0.717) is 58.8 Å². The van der Waals surface area contributed by atoms with Gasteiger partial charge < -0.3 is 10.6 Å². The third kappa shape index (κ3) is 7.50. The lowest BCUT2D eigenvalue weighted by molar-refractivity contribution is -0.115. The molecule has 1 saturated heterocycles. The molecule has 3 aromatic carbocycles. The summed E-state index contributed by atoms with van der Waals surface area (Å²) < 4.78 is 23.3. The van der Waals surface area contributed by atoms with E-state index in [4.69, 9.17) is 23.2 Å². The number of nitrogens with zero attached hydrogens (tertiary/aromatic N) is 3. The number of halogens is 2. The molecular weight excluding hydrogens is 587 g/mol. The van der Waals surface area contributed by atoms with E-state index in [1.165, 1.54) is 0 Å². The highest BCUT2D eigenvalue weighted by Gasteiger charge is 2.21. The molecule has 0 radical (unpaired) electrons. The van der Waals surface area contributed by atoms with Crippen LogP contribution < -0.4 is 10.6 Å². The first kappa shape index (κ1) is 28.7. The van der Waals surface area contributed by atoms with E-state index in [2.05, 4.69) is 30.7 Å². The Bertz CT molecular complexity index is 1680. The van der Waals surface area contributed by atoms with Crippen LogP contribution in [0.3, 0.4) is 0 Å². The molecule has 5 rings (SSSR count).